The van der Waals surface area contributed by atoms with E-state index in [1.165, 1.54) is 0 Å². The quantitative estimate of drug-likeness (QED) is 0.467. The first-order valence-corrected chi connectivity index (χ1v) is 3.07. The molecular weight excluding hydrogens is 117 g/mol. The Morgan fingerprint density at radius 2 is 1.70 bits per heavy atom. The fourth-order valence-electron chi connectivity index (χ4n) is 0.742. The largest absolute Gasteiger partial charge is 1.00 e. The Labute approximate surface area is 73.8 Å². The molecule has 2 heteroatoms. The predicted octanol–water partition coefficient (Wildman–Crippen LogP) is -0.196. The number of nitrogens with one attached hydrogen (secondary N) is 1. The van der Waals surface area contributed by atoms with Crippen molar-refractivity contribution in [3.05, 3.63) is 41.6 Å². The summed E-state index contributed by atoms with van der Waals surface area (Å²) in [5.74, 6) is 0. The van der Waals surface area contributed by atoms with E-state index in [0.29, 0.717) is 0 Å². The molecule has 0 radical (unpaired) electrons. The zero-order chi connectivity index (χ0) is 6.69. The van der Waals surface area contributed by atoms with Crippen molar-refractivity contribution in [2.75, 3.05) is 0 Å². The minimum Gasteiger partial charge on any atom is -0.671 e. The summed E-state index contributed by atoms with van der Waals surface area (Å²) >= 11 is 0. The van der Waals surface area contributed by atoms with E-state index in [4.69, 9.17) is 5.73 Å². The molecule has 0 amide bonds. The molecular formula is C8H10LiN. The molecule has 48 valence electrons. The van der Waals surface area contributed by atoms with E-state index >= 15 is 0 Å². The fraction of sp³-hybridized carbons (Fsp3) is 0.250. The number of rotatable bonds is 1. The molecule has 1 aromatic carbocycles. The van der Waals surface area contributed by atoms with E-state index in [0.717, 1.165) is 5.56 Å². The van der Waals surface area contributed by atoms with Crippen molar-refractivity contribution in [1.29, 1.82) is 0 Å². The van der Waals surface area contributed by atoms with Crippen LogP contribution in [0, 0.1) is 0 Å². The first-order valence-electron chi connectivity index (χ1n) is 3.07. The molecule has 0 saturated carbocycles. The smallest absolute Gasteiger partial charge is 0.671 e. The van der Waals surface area contributed by atoms with Crippen molar-refractivity contribution in [2.45, 2.75) is 13.0 Å². The van der Waals surface area contributed by atoms with Crippen LogP contribution >= 0.6 is 0 Å². The maximum atomic E-state index is 7.32. The van der Waals surface area contributed by atoms with Gasteiger partial charge in [-0.1, -0.05) is 42.8 Å². The van der Waals surface area contributed by atoms with Gasteiger partial charge in [-0.3, -0.25) is 0 Å². The molecule has 1 nitrogen and oxygen atoms in total. The van der Waals surface area contributed by atoms with Gasteiger partial charge in [0.15, 0.2) is 0 Å². The Morgan fingerprint density at radius 1 is 1.20 bits per heavy atom. The van der Waals surface area contributed by atoms with Crippen molar-refractivity contribution in [3.8, 4) is 0 Å². The Hall–Kier alpha value is -0.223. The van der Waals surface area contributed by atoms with Gasteiger partial charge in [0.2, 0.25) is 0 Å². The topological polar surface area (TPSA) is 23.8 Å². The maximum absolute atomic E-state index is 7.32. The van der Waals surface area contributed by atoms with Crippen molar-refractivity contribution >= 4 is 0 Å². The van der Waals surface area contributed by atoms with Crippen LogP contribution < -0.4 is 18.9 Å². The van der Waals surface area contributed by atoms with E-state index in [2.05, 4.69) is 0 Å². The van der Waals surface area contributed by atoms with E-state index in [-0.39, 0.29) is 24.9 Å². The van der Waals surface area contributed by atoms with Crippen LogP contribution in [0.15, 0.2) is 30.3 Å². The Kier molecular flexibility index (Phi) is 4.47. The molecule has 0 aromatic heterocycles. The van der Waals surface area contributed by atoms with Gasteiger partial charge in [-0.05, 0) is 0 Å². The predicted molar refractivity (Wildman–Crippen MR) is 39.2 cm³/mol. The molecule has 10 heavy (non-hydrogen) atoms. The van der Waals surface area contributed by atoms with Crippen molar-refractivity contribution in [1.82, 2.24) is 0 Å². The van der Waals surface area contributed by atoms with Crippen LogP contribution in [-0.2, 0) is 0 Å². The van der Waals surface area contributed by atoms with Gasteiger partial charge in [-0.2, -0.15) is 0 Å². The van der Waals surface area contributed by atoms with Crippen LogP contribution in [0.4, 0.5) is 0 Å². The van der Waals surface area contributed by atoms with Gasteiger partial charge in [0, 0.05) is 0 Å². The molecule has 1 unspecified atom stereocenters. The monoisotopic (exact) mass is 127 g/mol. The summed E-state index contributed by atoms with van der Waals surface area (Å²) in [5.41, 5.74) is 8.40. The standard InChI is InChI=1S/C8H10N.Li/c1-7(9)8-5-3-2-4-6-8;/h2-7,9H,1H3;/q-1;+1. The molecule has 0 aliphatic carbocycles. The molecule has 1 atom stereocenters. The first-order chi connectivity index (χ1) is 4.30. The van der Waals surface area contributed by atoms with Crippen LogP contribution in [-0.4, -0.2) is 0 Å². The van der Waals surface area contributed by atoms with E-state index in [1.807, 2.05) is 37.3 Å². The molecule has 0 aliphatic rings. The second-order valence-corrected chi connectivity index (χ2v) is 2.13. The minimum atomic E-state index is -0.0915. The van der Waals surface area contributed by atoms with Crippen LogP contribution in [0.5, 0.6) is 0 Å². The van der Waals surface area contributed by atoms with E-state index in [9.17, 15) is 0 Å². The molecule has 1 N–H and O–H groups in total. The number of benzene rings is 1. The zero-order valence-electron chi connectivity index (χ0n) is 6.46. The Balaban J connectivity index is 0.000000810. The Morgan fingerprint density at radius 3 is 2.00 bits per heavy atom. The van der Waals surface area contributed by atoms with E-state index < -0.39 is 0 Å². The van der Waals surface area contributed by atoms with Gasteiger partial charge >= 0.3 is 18.9 Å². The second kappa shape index (κ2) is 4.57. The average Bonchev–Trinajstić information content (AvgIpc) is 1.90. The molecule has 0 aliphatic heterocycles. The number of hydrogen-bond donors (Lipinski definition) is 0. The average molecular weight is 127 g/mol. The SMILES string of the molecule is CC([NH-])c1ccccc1.[Li+]. The first kappa shape index (κ1) is 9.78. The van der Waals surface area contributed by atoms with Gasteiger partial charge < -0.3 is 5.73 Å². The summed E-state index contributed by atoms with van der Waals surface area (Å²) < 4.78 is 0. The van der Waals surface area contributed by atoms with Crippen LogP contribution in [0.3, 0.4) is 0 Å². The summed E-state index contributed by atoms with van der Waals surface area (Å²) in [4.78, 5) is 0. The van der Waals surface area contributed by atoms with Gasteiger partial charge in [-0.25, -0.2) is 0 Å². The van der Waals surface area contributed by atoms with Crippen LogP contribution in [0.25, 0.3) is 5.73 Å². The summed E-state index contributed by atoms with van der Waals surface area (Å²) in [6, 6.07) is 9.73. The van der Waals surface area contributed by atoms with Gasteiger partial charge in [0.1, 0.15) is 0 Å². The minimum absolute atomic E-state index is 0. The third-order valence-corrected chi connectivity index (χ3v) is 1.30. The summed E-state index contributed by atoms with van der Waals surface area (Å²) in [6.07, 6.45) is 0. The number of hydrogen-bond acceptors (Lipinski definition) is 0. The summed E-state index contributed by atoms with van der Waals surface area (Å²) in [5, 5.41) is 0. The molecule has 0 saturated heterocycles. The molecule has 0 fully saturated rings. The van der Waals surface area contributed by atoms with Crippen molar-refractivity contribution in [3.63, 3.8) is 0 Å². The van der Waals surface area contributed by atoms with E-state index in [1.54, 1.807) is 0 Å². The molecule has 1 aromatic rings. The van der Waals surface area contributed by atoms with Crippen LogP contribution in [0.2, 0.25) is 0 Å². The van der Waals surface area contributed by atoms with Crippen molar-refractivity contribution in [2.24, 2.45) is 0 Å². The molecule has 0 spiro atoms. The fourth-order valence-corrected chi connectivity index (χ4v) is 0.742. The molecule has 0 heterocycles. The molecule has 1 rings (SSSR count). The van der Waals surface area contributed by atoms with Crippen molar-refractivity contribution < 1.29 is 18.9 Å². The normalized spacial score (nSPS) is 11.8. The van der Waals surface area contributed by atoms with Gasteiger partial charge in [0.05, 0.1) is 0 Å². The van der Waals surface area contributed by atoms with Gasteiger partial charge in [0.25, 0.3) is 0 Å². The second-order valence-electron chi connectivity index (χ2n) is 2.13. The third kappa shape index (κ3) is 2.58. The molecule has 0 bridgehead atoms. The van der Waals surface area contributed by atoms with Crippen LogP contribution in [0.1, 0.15) is 18.5 Å². The van der Waals surface area contributed by atoms with Gasteiger partial charge in [-0.15, -0.1) is 6.04 Å². The zero-order valence-corrected chi connectivity index (χ0v) is 6.46. The summed E-state index contributed by atoms with van der Waals surface area (Å²) in [7, 11) is 0. The maximum Gasteiger partial charge on any atom is 1.00 e. The summed E-state index contributed by atoms with van der Waals surface area (Å²) in [6.45, 7) is 1.87. The Bertz CT molecular complexity index is 172. The third-order valence-electron chi connectivity index (χ3n) is 1.30.